The van der Waals surface area contributed by atoms with Gasteiger partial charge in [-0.3, -0.25) is 9.59 Å². The van der Waals surface area contributed by atoms with E-state index in [0.29, 0.717) is 29.7 Å². The minimum absolute atomic E-state index is 0.0142. The number of ether oxygens (including phenoxy) is 1. The van der Waals surface area contributed by atoms with Crippen LogP contribution >= 0.6 is 0 Å². The van der Waals surface area contributed by atoms with Crippen molar-refractivity contribution >= 4 is 17.7 Å². The molecule has 5 nitrogen and oxygen atoms in total. The summed E-state index contributed by atoms with van der Waals surface area (Å²) in [7, 11) is 0. The molecule has 3 fully saturated rings. The Morgan fingerprint density at radius 2 is 1.81 bits per heavy atom. The lowest BCUT2D eigenvalue weighted by Crippen LogP contribution is -2.52. The fourth-order valence-electron chi connectivity index (χ4n) is 8.79. The SMILES string of the molecule is Cc1ccc(C(=O)O[C@@H]2CC[C@]3(C)C4=CC(=O)[C@]5(C)[C@@H]([C@H](C)CCC(=O)O)CC[C@H]5[C@@H]4CC[C@@H]3C2)cc1. The summed E-state index contributed by atoms with van der Waals surface area (Å²) in [6, 6.07) is 7.55. The summed E-state index contributed by atoms with van der Waals surface area (Å²) >= 11 is 0. The summed E-state index contributed by atoms with van der Waals surface area (Å²) in [6.07, 6.45) is 9.68. The van der Waals surface area contributed by atoms with Crippen molar-refractivity contribution in [3.05, 3.63) is 47.0 Å². The van der Waals surface area contributed by atoms with Crippen LogP contribution in [0.2, 0.25) is 0 Å². The van der Waals surface area contributed by atoms with E-state index >= 15 is 0 Å². The van der Waals surface area contributed by atoms with Gasteiger partial charge in [0.25, 0.3) is 0 Å². The largest absolute Gasteiger partial charge is 0.481 e. The topological polar surface area (TPSA) is 80.7 Å². The van der Waals surface area contributed by atoms with Crippen LogP contribution in [0.25, 0.3) is 0 Å². The van der Waals surface area contributed by atoms with Gasteiger partial charge >= 0.3 is 11.9 Å². The molecule has 4 aliphatic rings. The Hall–Kier alpha value is -2.43. The molecule has 0 saturated heterocycles. The van der Waals surface area contributed by atoms with E-state index < -0.39 is 5.97 Å². The summed E-state index contributed by atoms with van der Waals surface area (Å²) in [5.74, 6) is 0.973. The number of ketones is 1. The number of rotatable bonds is 6. The molecule has 0 unspecified atom stereocenters. The molecule has 0 aromatic heterocycles. The van der Waals surface area contributed by atoms with Crippen LogP contribution < -0.4 is 0 Å². The van der Waals surface area contributed by atoms with Gasteiger partial charge in [0.1, 0.15) is 6.10 Å². The second-order valence-electron chi connectivity index (χ2n) is 12.9. The molecule has 1 N–H and O–H groups in total. The zero-order chi connectivity index (χ0) is 26.5. The summed E-state index contributed by atoms with van der Waals surface area (Å²) in [5.41, 5.74) is 2.70. The lowest BCUT2D eigenvalue weighted by atomic mass is 9.48. The Bertz CT molecular complexity index is 1100. The van der Waals surface area contributed by atoms with Crippen molar-refractivity contribution in [2.45, 2.75) is 91.6 Å². The normalized spacial score (nSPS) is 37.6. The molecule has 5 rings (SSSR count). The average molecular weight is 507 g/mol. The number of fused-ring (bicyclic) bond motifs is 5. The Labute approximate surface area is 221 Å². The van der Waals surface area contributed by atoms with Crippen molar-refractivity contribution in [1.29, 1.82) is 0 Å². The van der Waals surface area contributed by atoms with Crippen molar-refractivity contribution in [2.75, 3.05) is 0 Å². The van der Waals surface area contributed by atoms with Crippen LogP contribution in [-0.2, 0) is 14.3 Å². The number of carboxylic acid groups (broad SMARTS) is 1. The van der Waals surface area contributed by atoms with Gasteiger partial charge in [-0.05, 0) is 112 Å². The summed E-state index contributed by atoms with van der Waals surface area (Å²) < 4.78 is 5.97. The van der Waals surface area contributed by atoms with Gasteiger partial charge in [0.05, 0.1) is 5.56 Å². The van der Waals surface area contributed by atoms with Crippen LogP contribution in [0.5, 0.6) is 0 Å². The van der Waals surface area contributed by atoms with Crippen LogP contribution in [0.3, 0.4) is 0 Å². The molecule has 0 amide bonds. The zero-order valence-corrected chi connectivity index (χ0v) is 22.8. The predicted octanol–water partition coefficient (Wildman–Crippen LogP) is 6.78. The molecule has 5 heteroatoms. The molecule has 37 heavy (non-hydrogen) atoms. The van der Waals surface area contributed by atoms with E-state index in [4.69, 9.17) is 4.74 Å². The maximum absolute atomic E-state index is 13.9. The molecule has 0 radical (unpaired) electrons. The highest BCUT2D eigenvalue weighted by atomic mass is 16.5. The minimum atomic E-state index is -0.755. The van der Waals surface area contributed by atoms with Gasteiger partial charge in [-0.25, -0.2) is 4.79 Å². The lowest BCUT2D eigenvalue weighted by Gasteiger charge is -2.56. The molecule has 1 aromatic carbocycles. The fraction of sp³-hybridized carbons (Fsp3) is 0.656. The van der Waals surface area contributed by atoms with Crippen LogP contribution in [-0.4, -0.2) is 28.9 Å². The Balaban J connectivity index is 1.31. The van der Waals surface area contributed by atoms with E-state index in [0.717, 1.165) is 50.5 Å². The lowest BCUT2D eigenvalue weighted by molar-refractivity contribution is -0.137. The molecule has 0 spiro atoms. The molecule has 1 aromatic rings. The van der Waals surface area contributed by atoms with Crippen LogP contribution in [0.4, 0.5) is 0 Å². The van der Waals surface area contributed by atoms with Crippen LogP contribution in [0.1, 0.15) is 94.5 Å². The van der Waals surface area contributed by atoms with Crippen molar-refractivity contribution in [1.82, 2.24) is 0 Å². The summed E-state index contributed by atoms with van der Waals surface area (Å²) in [4.78, 5) is 37.8. The molecule has 0 bridgehead atoms. The second kappa shape index (κ2) is 9.71. The highest BCUT2D eigenvalue weighted by Crippen LogP contribution is 2.65. The first-order chi connectivity index (χ1) is 17.5. The molecule has 0 heterocycles. The van der Waals surface area contributed by atoms with Gasteiger partial charge in [-0.1, -0.05) is 44.0 Å². The molecule has 200 valence electrons. The number of hydrogen-bond donors (Lipinski definition) is 1. The first-order valence-electron chi connectivity index (χ1n) is 14.3. The van der Waals surface area contributed by atoms with E-state index in [2.05, 4.69) is 20.8 Å². The predicted molar refractivity (Wildman–Crippen MR) is 142 cm³/mol. The maximum atomic E-state index is 13.9. The number of carboxylic acids is 1. The van der Waals surface area contributed by atoms with Crippen molar-refractivity contribution in [2.24, 2.45) is 40.4 Å². The highest BCUT2D eigenvalue weighted by Gasteiger charge is 2.61. The number of carbonyl (C=O) groups excluding carboxylic acids is 2. The molecular formula is C32H42O5. The van der Waals surface area contributed by atoms with Crippen LogP contribution in [0, 0.1) is 47.3 Å². The molecule has 0 aliphatic heterocycles. The second-order valence-corrected chi connectivity index (χ2v) is 12.9. The average Bonchev–Trinajstić information content (AvgIpc) is 3.22. The smallest absolute Gasteiger partial charge is 0.338 e. The summed E-state index contributed by atoms with van der Waals surface area (Å²) in [5, 5.41) is 9.18. The van der Waals surface area contributed by atoms with E-state index in [1.54, 1.807) is 0 Å². The molecule has 4 aliphatic carbocycles. The maximum Gasteiger partial charge on any atom is 0.338 e. The third-order valence-corrected chi connectivity index (χ3v) is 11.0. The third kappa shape index (κ3) is 4.46. The van der Waals surface area contributed by atoms with Gasteiger partial charge < -0.3 is 9.84 Å². The van der Waals surface area contributed by atoms with Gasteiger partial charge in [0.15, 0.2) is 5.78 Å². The molecular weight excluding hydrogens is 464 g/mol. The Morgan fingerprint density at radius 1 is 1.08 bits per heavy atom. The monoisotopic (exact) mass is 506 g/mol. The van der Waals surface area contributed by atoms with E-state index in [9.17, 15) is 19.5 Å². The number of hydrogen-bond acceptors (Lipinski definition) is 4. The number of aliphatic carboxylic acids is 1. The first-order valence-corrected chi connectivity index (χ1v) is 14.3. The van der Waals surface area contributed by atoms with Crippen molar-refractivity contribution < 1.29 is 24.2 Å². The first kappa shape index (κ1) is 26.2. The standard InChI is InChI=1S/C32H42O5/c1-19-5-8-21(9-6-19)30(36)37-23-15-16-31(3)22(17-23)10-11-24-26-13-12-25(20(2)7-14-29(34)35)32(26,4)28(33)18-27(24)31/h5-6,8-9,18,20,22-26H,7,10-17H2,1-4H3,(H,34,35)/t20-,22-,23-,24+,25-,26+,31+,32-/m1/s1. The zero-order valence-electron chi connectivity index (χ0n) is 22.8. The highest BCUT2D eigenvalue weighted by molar-refractivity contribution is 5.97. The van der Waals surface area contributed by atoms with Gasteiger partial charge in [0.2, 0.25) is 0 Å². The number of aryl methyl sites for hydroxylation is 1. The quantitative estimate of drug-likeness (QED) is 0.430. The van der Waals surface area contributed by atoms with Crippen molar-refractivity contribution in [3.63, 3.8) is 0 Å². The van der Waals surface area contributed by atoms with Gasteiger partial charge in [-0.2, -0.15) is 0 Å². The number of esters is 1. The third-order valence-electron chi connectivity index (χ3n) is 11.0. The van der Waals surface area contributed by atoms with E-state index in [1.807, 2.05) is 37.3 Å². The van der Waals surface area contributed by atoms with Crippen molar-refractivity contribution in [3.8, 4) is 0 Å². The fourth-order valence-corrected chi connectivity index (χ4v) is 8.79. The van der Waals surface area contributed by atoms with Crippen LogP contribution in [0.15, 0.2) is 35.9 Å². The minimum Gasteiger partial charge on any atom is -0.481 e. The Morgan fingerprint density at radius 3 is 2.51 bits per heavy atom. The molecule has 8 atom stereocenters. The number of benzene rings is 1. The van der Waals surface area contributed by atoms with E-state index in [1.165, 1.54) is 5.57 Å². The molecule has 3 saturated carbocycles. The van der Waals surface area contributed by atoms with Gasteiger partial charge in [0, 0.05) is 11.8 Å². The Kier molecular flexibility index (Phi) is 6.87. The van der Waals surface area contributed by atoms with Gasteiger partial charge in [-0.15, -0.1) is 0 Å². The number of allylic oxidation sites excluding steroid dienone is 2. The summed E-state index contributed by atoms with van der Waals surface area (Å²) in [6.45, 7) is 8.68. The number of carbonyl (C=O) groups is 3. The van der Waals surface area contributed by atoms with E-state index in [-0.39, 0.29) is 46.9 Å².